The molecule has 0 aliphatic carbocycles. The number of rotatable bonds is 5. The molecule has 110 valence electrons. The summed E-state index contributed by atoms with van der Waals surface area (Å²) in [5.41, 5.74) is 0. The van der Waals surface area contributed by atoms with Crippen LogP contribution in [0.5, 0.6) is 0 Å². The van der Waals surface area contributed by atoms with Gasteiger partial charge in [0, 0.05) is 19.1 Å². The minimum atomic E-state index is -0.0377. The number of ether oxygens (including phenoxy) is 1. The van der Waals surface area contributed by atoms with Gasteiger partial charge in [-0.1, -0.05) is 13.3 Å². The van der Waals surface area contributed by atoms with Crippen LogP contribution in [0.3, 0.4) is 0 Å². The van der Waals surface area contributed by atoms with Crippen LogP contribution >= 0.6 is 0 Å². The SMILES string of the molecule is CCOC(=O)C(CC)N1CCC(N2CCCCC2)C1. The molecule has 2 aliphatic rings. The molecule has 2 rings (SSSR count). The fraction of sp³-hybridized carbons (Fsp3) is 0.933. The minimum Gasteiger partial charge on any atom is -0.465 e. The predicted molar refractivity (Wildman–Crippen MR) is 76.1 cm³/mol. The van der Waals surface area contributed by atoms with Crippen molar-refractivity contribution in [3.8, 4) is 0 Å². The molecule has 4 nitrogen and oxygen atoms in total. The van der Waals surface area contributed by atoms with Gasteiger partial charge in [0.2, 0.25) is 0 Å². The van der Waals surface area contributed by atoms with Crippen molar-refractivity contribution in [2.75, 3.05) is 32.8 Å². The fourth-order valence-corrected chi connectivity index (χ4v) is 3.45. The smallest absolute Gasteiger partial charge is 0.323 e. The predicted octanol–water partition coefficient (Wildman–Crippen LogP) is 1.89. The second-order valence-electron chi connectivity index (χ2n) is 5.71. The van der Waals surface area contributed by atoms with Crippen molar-refractivity contribution in [3.05, 3.63) is 0 Å². The summed E-state index contributed by atoms with van der Waals surface area (Å²) < 4.78 is 5.19. The molecule has 0 saturated carbocycles. The highest BCUT2D eigenvalue weighted by Crippen LogP contribution is 2.22. The van der Waals surface area contributed by atoms with Crippen molar-refractivity contribution in [3.63, 3.8) is 0 Å². The molecular weight excluding hydrogens is 240 g/mol. The Morgan fingerprint density at radius 1 is 1.21 bits per heavy atom. The molecular formula is C15H28N2O2. The number of piperidine rings is 1. The molecule has 0 N–H and O–H groups in total. The average molecular weight is 268 g/mol. The first-order valence-corrected chi connectivity index (χ1v) is 7.91. The van der Waals surface area contributed by atoms with Crippen LogP contribution in [0.2, 0.25) is 0 Å². The minimum absolute atomic E-state index is 0.0326. The molecule has 0 radical (unpaired) electrons. The molecule has 0 spiro atoms. The zero-order chi connectivity index (χ0) is 13.7. The number of hydrogen-bond acceptors (Lipinski definition) is 4. The van der Waals surface area contributed by atoms with Gasteiger partial charge in [-0.25, -0.2) is 0 Å². The molecule has 4 heteroatoms. The van der Waals surface area contributed by atoms with Crippen LogP contribution in [0.1, 0.15) is 46.0 Å². The Balaban J connectivity index is 1.86. The van der Waals surface area contributed by atoms with E-state index in [9.17, 15) is 4.79 Å². The van der Waals surface area contributed by atoms with Crippen molar-refractivity contribution in [1.29, 1.82) is 0 Å². The Bertz CT molecular complexity index is 290. The maximum atomic E-state index is 12.0. The van der Waals surface area contributed by atoms with E-state index in [1.54, 1.807) is 0 Å². The number of likely N-dealkylation sites (tertiary alicyclic amines) is 2. The maximum Gasteiger partial charge on any atom is 0.323 e. The van der Waals surface area contributed by atoms with Crippen molar-refractivity contribution in [1.82, 2.24) is 9.80 Å². The summed E-state index contributed by atoms with van der Waals surface area (Å²) in [6.45, 7) is 9.01. The van der Waals surface area contributed by atoms with Crippen LogP contribution in [0.25, 0.3) is 0 Å². The largest absolute Gasteiger partial charge is 0.465 e. The topological polar surface area (TPSA) is 32.8 Å². The lowest BCUT2D eigenvalue weighted by Gasteiger charge is -2.33. The third-order valence-electron chi connectivity index (χ3n) is 4.49. The van der Waals surface area contributed by atoms with Gasteiger partial charge in [-0.15, -0.1) is 0 Å². The van der Waals surface area contributed by atoms with Gasteiger partial charge in [-0.05, 0) is 45.7 Å². The monoisotopic (exact) mass is 268 g/mol. The highest BCUT2D eigenvalue weighted by atomic mass is 16.5. The van der Waals surface area contributed by atoms with E-state index >= 15 is 0 Å². The molecule has 0 amide bonds. The first-order valence-electron chi connectivity index (χ1n) is 7.91. The molecule has 2 aliphatic heterocycles. The third-order valence-corrected chi connectivity index (χ3v) is 4.49. The Labute approximate surface area is 117 Å². The molecule has 0 aromatic heterocycles. The quantitative estimate of drug-likeness (QED) is 0.713. The van der Waals surface area contributed by atoms with Crippen LogP contribution in [-0.4, -0.2) is 60.6 Å². The normalized spacial score (nSPS) is 27.4. The van der Waals surface area contributed by atoms with Crippen molar-refractivity contribution >= 4 is 5.97 Å². The zero-order valence-electron chi connectivity index (χ0n) is 12.4. The van der Waals surface area contributed by atoms with Crippen LogP contribution in [0.15, 0.2) is 0 Å². The first kappa shape index (κ1) is 14.8. The number of esters is 1. The van der Waals surface area contributed by atoms with E-state index in [0.717, 1.165) is 19.5 Å². The molecule has 2 atom stereocenters. The zero-order valence-corrected chi connectivity index (χ0v) is 12.4. The van der Waals surface area contributed by atoms with Crippen molar-refractivity contribution in [2.24, 2.45) is 0 Å². The lowest BCUT2D eigenvalue weighted by atomic mass is 10.1. The third kappa shape index (κ3) is 3.69. The fourth-order valence-electron chi connectivity index (χ4n) is 3.45. The molecule has 0 aromatic carbocycles. The van der Waals surface area contributed by atoms with E-state index in [1.807, 2.05) is 6.92 Å². The molecule has 2 fully saturated rings. The van der Waals surface area contributed by atoms with Gasteiger partial charge >= 0.3 is 5.97 Å². The van der Waals surface area contributed by atoms with Crippen LogP contribution in [0, 0.1) is 0 Å². The van der Waals surface area contributed by atoms with E-state index in [4.69, 9.17) is 4.74 Å². The van der Waals surface area contributed by atoms with Gasteiger partial charge in [0.05, 0.1) is 6.61 Å². The standard InChI is InChI=1S/C15H28N2O2/c1-3-14(15(18)19-4-2)17-11-8-13(12-17)16-9-6-5-7-10-16/h13-14H,3-12H2,1-2H3. The van der Waals surface area contributed by atoms with Gasteiger partial charge in [0.25, 0.3) is 0 Å². The molecule has 2 heterocycles. The highest BCUT2D eigenvalue weighted by molar-refractivity contribution is 5.75. The van der Waals surface area contributed by atoms with E-state index in [1.165, 1.54) is 38.8 Å². The Morgan fingerprint density at radius 3 is 2.58 bits per heavy atom. The Morgan fingerprint density at radius 2 is 1.95 bits per heavy atom. The van der Waals surface area contributed by atoms with Gasteiger partial charge < -0.3 is 4.74 Å². The maximum absolute atomic E-state index is 12.0. The average Bonchev–Trinajstić information content (AvgIpc) is 2.90. The molecule has 2 unspecified atom stereocenters. The van der Waals surface area contributed by atoms with Gasteiger partial charge in [0.1, 0.15) is 6.04 Å². The van der Waals surface area contributed by atoms with Crippen molar-refractivity contribution < 1.29 is 9.53 Å². The summed E-state index contributed by atoms with van der Waals surface area (Å²) in [6, 6.07) is 0.624. The van der Waals surface area contributed by atoms with E-state index in [-0.39, 0.29) is 12.0 Å². The summed E-state index contributed by atoms with van der Waals surface area (Å²) in [7, 11) is 0. The molecule has 0 aromatic rings. The van der Waals surface area contributed by atoms with E-state index < -0.39 is 0 Å². The summed E-state index contributed by atoms with van der Waals surface area (Å²) in [4.78, 5) is 16.9. The molecule has 19 heavy (non-hydrogen) atoms. The molecule has 2 saturated heterocycles. The summed E-state index contributed by atoms with van der Waals surface area (Å²) >= 11 is 0. The number of carbonyl (C=O) groups is 1. The number of hydrogen-bond donors (Lipinski definition) is 0. The highest BCUT2D eigenvalue weighted by Gasteiger charge is 2.34. The number of carbonyl (C=O) groups excluding carboxylic acids is 1. The van der Waals surface area contributed by atoms with Gasteiger partial charge in [-0.3, -0.25) is 14.6 Å². The number of nitrogens with zero attached hydrogens (tertiary/aromatic N) is 2. The van der Waals surface area contributed by atoms with E-state index in [0.29, 0.717) is 12.6 Å². The summed E-state index contributed by atoms with van der Waals surface area (Å²) in [5.74, 6) is -0.0377. The Kier molecular flexibility index (Phi) is 5.64. The van der Waals surface area contributed by atoms with Gasteiger partial charge in [-0.2, -0.15) is 0 Å². The second kappa shape index (κ2) is 7.25. The van der Waals surface area contributed by atoms with Crippen LogP contribution in [0.4, 0.5) is 0 Å². The molecule has 0 bridgehead atoms. The van der Waals surface area contributed by atoms with Crippen LogP contribution in [-0.2, 0) is 9.53 Å². The summed E-state index contributed by atoms with van der Waals surface area (Å²) in [6.07, 6.45) is 6.12. The lowest BCUT2D eigenvalue weighted by Crippen LogP contribution is -2.44. The van der Waals surface area contributed by atoms with Crippen LogP contribution < -0.4 is 0 Å². The second-order valence-corrected chi connectivity index (χ2v) is 5.71. The Hall–Kier alpha value is -0.610. The first-order chi connectivity index (χ1) is 9.26. The lowest BCUT2D eigenvalue weighted by molar-refractivity contribution is -0.149. The summed E-state index contributed by atoms with van der Waals surface area (Å²) in [5, 5.41) is 0. The van der Waals surface area contributed by atoms with E-state index in [2.05, 4.69) is 16.7 Å². The van der Waals surface area contributed by atoms with Crippen molar-refractivity contribution in [2.45, 2.75) is 58.0 Å². The van der Waals surface area contributed by atoms with Gasteiger partial charge in [0.15, 0.2) is 0 Å².